The van der Waals surface area contributed by atoms with Crippen LogP contribution < -0.4 is 4.74 Å². The van der Waals surface area contributed by atoms with Crippen LogP contribution in [0.25, 0.3) is 11.4 Å². The second-order valence-corrected chi connectivity index (χ2v) is 5.74. The molecule has 0 unspecified atom stereocenters. The minimum absolute atomic E-state index is 0.00607. The Morgan fingerprint density at radius 3 is 2.27 bits per heavy atom. The molecule has 2 aromatic rings. The molecular weight excluding hydrogens is 286 g/mol. The molecule has 0 fully saturated rings. The average Bonchev–Trinajstić information content (AvgIpc) is 2.51. The van der Waals surface area contributed by atoms with Crippen molar-refractivity contribution in [3.05, 3.63) is 42.2 Å². The molecule has 0 bridgehead atoms. The highest BCUT2D eigenvalue weighted by Crippen LogP contribution is 2.20. The third kappa shape index (κ3) is 5.06. The zero-order chi connectivity index (χ0) is 16.0. The fourth-order valence-corrected chi connectivity index (χ4v) is 1.86. The number of halogens is 2. The van der Waals surface area contributed by atoms with Crippen LogP contribution in [-0.4, -0.2) is 28.9 Å². The van der Waals surface area contributed by atoms with E-state index in [1.165, 1.54) is 13.8 Å². The van der Waals surface area contributed by atoms with Crippen molar-refractivity contribution in [2.24, 2.45) is 0 Å². The van der Waals surface area contributed by atoms with Gasteiger partial charge in [-0.15, -0.1) is 0 Å². The van der Waals surface area contributed by atoms with Crippen molar-refractivity contribution < 1.29 is 13.5 Å². The molecule has 0 aliphatic heterocycles. The first-order valence-corrected chi connectivity index (χ1v) is 7.27. The number of alkyl halides is 2. The fraction of sp³-hybridized carbons (Fsp3) is 0.412. The molecule has 0 radical (unpaired) electrons. The van der Waals surface area contributed by atoms with Gasteiger partial charge in [-0.3, -0.25) is 4.39 Å². The Kier molecular flexibility index (Phi) is 5.41. The van der Waals surface area contributed by atoms with Crippen LogP contribution in [0.4, 0.5) is 8.78 Å². The van der Waals surface area contributed by atoms with Gasteiger partial charge < -0.3 is 4.74 Å². The molecule has 0 N–H and O–H groups in total. The van der Waals surface area contributed by atoms with Gasteiger partial charge in [0.05, 0.1) is 6.67 Å². The van der Waals surface area contributed by atoms with Crippen molar-refractivity contribution >= 4 is 0 Å². The van der Waals surface area contributed by atoms with E-state index in [-0.39, 0.29) is 13.3 Å². The Labute approximate surface area is 129 Å². The van der Waals surface area contributed by atoms with Crippen LogP contribution in [0.15, 0.2) is 36.7 Å². The summed E-state index contributed by atoms with van der Waals surface area (Å²) in [6.45, 7) is 2.62. The van der Waals surface area contributed by atoms with E-state index in [2.05, 4.69) is 9.97 Å². The summed E-state index contributed by atoms with van der Waals surface area (Å²) in [5.41, 5.74) is 0.410. The molecule has 2 rings (SSSR count). The quantitative estimate of drug-likeness (QED) is 0.770. The normalized spacial score (nSPS) is 11.5. The molecule has 3 nitrogen and oxygen atoms in total. The first-order valence-electron chi connectivity index (χ1n) is 7.27. The van der Waals surface area contributed by atoms with Gasteiger partial charge in [-0.05, 0) is 56.5 Å². The molecule has 22 heavy (non-hydrogen) atoms. The summed E-state index contributed by atoms with van der Waals surface area (Å²) >= 11 is 0. The number of ether oxygens (including phenoxy) is 1. The lowest BCUT2D eigenvalue weighted by Crippen LogP contribution is -2.22. The lowest BCUT2D eigenvalue weighted by Gasteiger charge is -2.15. The van der Waals surface area contributed by atoms with Gasteiger partial charge >= 0.3 is 0 Å². The molecule has 5 heteroatoms. The topological polar surface area (TPSA) is 35.0 Å². The fourth-order valence-electron chi connectivity index (χ4n) is 1.86. The zero-order valence-electron chi connectivity index (χ0n) is 12.9. The van der Waals surface area contributed by atoms with E-state index in [1.54, 1.807) is 24.5 Å². The largest absolute Gasteiger partial charge is 0.490 e. The summed E-state index contributed by atoms with van der Waals surface area (Å²) in [6.07, 6.45) is 4.56. The maximum Gasteiger partial charge on any atom is 0.159 e. The van der Waals surface area contributed by atoms with Gasteiger partial charge in [0.25, 0.3) is 0 Å². The number of aryl methyl sites for hydroxylation is 1. The van der Waals surface area contributed by atoms with Gasteiger partial charge in [0.1, 0.15) is 18.0 Å². The smallest absolute Gasteiger partial charge is 0.159 e. The highest BCUT2D eigenvalue weighted by molar-refractivity contribution is 5.55. The van der Waals surface area contributed by atoms with Crippen molar-refractivity contribution in [1.82, 2.24) is 9.97 Å². The van der Waals surface area contributed by atoms with E-state index in [9.17, 15) is 8.78 Å². The van der Waals surface area contributed by atoms with Crippen LogP contribution in [0.5, 0.6) is 5.75 Å². The number of hydrogen-bond donors (Lipinski definition) is 0. The van der Waals surface area contributed by atoms with Crippen molar-refractivity contribution in [2.75, 3.05) is 13.3 Å². The predicted molar refractivity (Wildman–Crippen MR) is 82.4 cm³/mol. The van der Waals surface area contributed by atoms with Crippen LogP contribution in [0.2, 0.25) is 0 Å². The molecule has 0 aliphatic rings. The third-order valence-corrected chi connectivity index (χ3v) is 3.00. The van der Waals surface area contributed by atoms with Gasteiger partial charge in [-0.2, -0.15) is 0 Å². The Bertz CT molecular complexity index is 577. The summed E-state index contributed by atoms with van der Waals surface area (Å²) in [5.74, 6) is 1.20. The summed E-state index contributed by atoms with van der Waals surface area (Å²) in [6, 6.07) is 7.19. The Balaban J connectivity index is 2.00. The van der Waals surface area contributed by atoms with Crippen LogP contribution in [-0.2, 0) is 6.42 Å². The lowest BCUT2D eigenvalue weighted by atomic mass is 10.1. The van der Waals surface area contributed by atoms with E-state index >= 15 is 0 Å². The van der Waals surface area contributed by atoms with Crippen LogP contribution >= 0.6 is 0 Å². The van der Waals surface area contributed by atoms with Crippen molar-refractivity contribution in [2.45, 2.75) is 32.4 Å². The highest BCUT2D eigenvalue weighted by Gasteiger charge is 2.16. The van der Waals surface area contributed by atoms with Crippen molar-refractivity contribution in [3.63, 3.8) is 0 Å². The molecule has 1 heterocycles. The van der Waals surface area contributed by atoms with Gasteiger partial charge in [-0.25, -0.2) is 14.4 Å². The summed E-state index contributed by atoms with van der Waals surface area (Å²) in [7, 11) is 0. The Morgan fingerprint density at radius 2 is 1.73 bits per heavy atom. The molecular formula is C17H20F2N2O. The molecule has 118 valence electrons. The highest BCUT2D eigenvalue weighted by atomic mass is 19.1. The minimum Gasteiger partial charge on any atom is -0.490 e. The van der Waals surface area contributed by atoms with Crippen molar-refractivity contribution in [3.8, 4) is 17.1 Å². The van der Waals surface area contributed by atoms with E-state index in [1.807, 2.05) is 12.1 Å². The monoisotopic (exact) mass is 306 g/mol. The van der Waals surface area contributed by atoms with Crippen molar-refractivity contribution in [1.29, 1.82) is 0 Å². The van der Waals surface area contributed by atoms with Crippen LogP contribution in [0.3, 0.4) is 0 Å². The number of aromatic nitrogens is 2. The second-order valence-electron chi connectivity index (χ2n) is 5.74. The number of benzene rings is 1. The first-order chi connectivity index (χ1) is 10.5. The van der Waals surface area contributed by atoms with E-state index in [4.69, 9.17) is 4.74 Å². The standard InChI is InChI=1S/C17H20F2N2O/c1-17(2,19)12-22-15-7-5-14(6-8-15)16-20-10-13(11-21-16)4-3-9-18/h5-8,10-11H,3-4,9,12H2,1-2H3. The van der Waals surface area contributed by atoms with E-state index in [0.29, 0.717) is 24.4 Å². The Hall–Kier alpha value is -2.04. The maximum atomic E-state index is 13.4. The molecule has 0 aliphatic carbocycles. The number of nitrogens with zero attached hydrogens (tertiary/aromatic N) is 2. The van der Waals surface area contributed by atoms with Crippen LogP contribution in [0.1, 0.15) is 25.8 Å². The third-order valence-electron chi connectivity index (χ3n) is 3.00. The van der Waals surface area contributed by atoms with Gasteiger partial charge in [0, 0.05) is 18.0 Å². The molecule has 0 amide bonds. The van der Waals surface area contributed by atoms with Gasteiger partial charge in [-0.1, -0.05) is 0 Å². The SMILES string of the molecule is CC(C)(F)COc1ccc(-c2ncc(CCCF)cn2)cc1. The minimum atomic E-state index is -1.36. The summed E-state index contributed by atoms with van der Waals surface area (Å²) in [5, 5.41) is 0. The molecule has 1 aromatic carbocycles. The Morgan fingerprint density at radius 1 is 1.09 bits per heavy atom. The summed E-state index contributed by atoms with van der Waals surface area (Å²) < 4.78 is 30.9. The molecule has 0 saturated heterocycles. The lowest BCUT2D eigenvalue weighted by molar-refractivity contribution is 0.121. The van der Waals surface area contributed by atoms with Gasteiger partial charge in [0.2, 0.25) is 0 Å². The van der Waals surface area contributed by atoms with Gasteiger partial charge in [0.15, 0.2) is 5.82 Å². The van der Waals surface area contributed by atoms with E-state index in [0.717, 1.165) is 11.1 Å². The molecule has 0 saturated carbocycles. The summed E-state index contributed by atoms with van der Waals surface area (Å²) in [4.78, 5) is 8.56. The number of rotatable bonds is 7. The number of hydrogen-bond acceptors (Lipinski definition) is 3. The molecule has 0 spiro atoms. The maximum absolute atomic E-state index is 13.4. The zero-order valence-corrected chi connectivity index (χ0v) is 12.9. The predicted octanol–water partition coefficient (Wildman–Crippen LogP) is 4.17. The average molecular weight is 306 g/mol. The molecule has 1 aromatic heterocycles. The van der Waals surface area contributed by atoms with E-state index < -0.39 is 5.67 Å². The van der Waals surface area contributed by atoms with Crippen LogP contribution in [0, 0.1) is 0 Å². The molecule has 0 atom stereocenters. The second kappa shape index (κ2) is 7.29. The first kappa shape index (κ1) is 16.3.